The Morgan fingerprint density at radius 3 is 2.46 bits per heavy atom. The van der Waals surface area contributed by atoms with Gasteiger partial charge in [-0.15, -0.1) is 0 Å². The maximum atomic E-state index is 14.0. The minimum Gasteiger partial charge on any atom is -0.454 e. The number of hydrogen-bond acceptors (Lipinski definition) is 6. The number of carbonyl (C=O) groups excluding carboxylic acids is 3. The van der Waals surface area contributed by atoms with E-state index in [4.69, 9.17) is 9.15 Å². The molecule has 0 atom stereocenters. The van der Waals surface area contributed by atoms with Crippen molar-refractivity contribution in [2.24, 2.45) is 0 Å². The van der Waals surface area contributed by atoms with E-state index < -0.39 is 29.8 Å². The molecule has 0 aliphatic rings. The summed E-state index contributed by atoms with van der Waals surface area (Å²) in [4.78, 5) is 46.4. The minimum atomic E-state index is -0.854. The molecule has 0 spiro atoms. The Morgan fingerprint density at radius 2 is 1.88 bits per heavy atom. The van der Waals surface area contributed by atoms with Crippen molar-refractivity contribution >= 4 is 23.3 Å². The van der Waals surface area contributed by atoms with E-state index in [0.717, 1.165) is 12.1 Å². The van der Waals surface area contributed by atoms with Crippen LogP contribution in [0.25, 0.3) is 0 Å². The van der Waals surface area contributed by atoms with Crippen molar-refractivity contribution in [1.29, 1.82) is 0 Å². The van der Waals surface area contributed by atoms with E-state index >= 15 is 0 Å². The van der Waals surface area contributed by atoms with E-state index in [1.165, 1.54) is 32.9 Å². The molecule has 1 aromatic carbocycles. The van der Waals surface area contributed by atoms with Gasteiger partial charge in [0.2, 0.25) is 11.7 Å². The zero-order chi connectivity index (χ0) is 19.4. The van der Waals surface area contributed by atoms with Crippen LogP contribution in [0.5, 0.6) is 0 Å². The Bertz CT molecular complexity index is 921. The highest BCUT2D eigenvalue weighted by molar-refractivity contribution is 6.00. The Morgan fingerprint density at radius 1 is 1.19 bits per heavy atom. The fourth-order valence-corrected chi connectivity index (χ4v) is 2.37. The van der Waals surface area contributed by atoms with Crippen LogP contribution in [-0.2, 0) is 9.53 Å². The number of halogens is 1. The van der Waals surface area contributed by atoms with Crippen LogP contribution in [0.3, 0.4) is 0 Å². The lowest BCUT2D eigenvalue weighted by atomic mass is 10.1. The van der Waals surface area contributed by atoms with Gasteiger partial charge in [-0.3, -0.25) is 9.59 Å². The molecule has 2 rings (SSSR count). The number of carbonyl (C=O) groups is 3. The van der Waals surface area contributed by atoms with Crippen LogP contribution in [0, 0.1) is 19.7 Å². The van der Waals surface area contributed by atoms with Gasteiger partial charge in [-0.25, -0.2) is 14.0 Å². The quantitative estimate of drug-likeness (QED) is 0.648. The summed E-state index contributed by atoms with van der Waals surface area (Å²) in [5.41, 5.74) is -0.288. The predicted molar refractivity (Wildman–Crippen MR) is 89.8 cm³/mol. The summed E-state index contributed by atoms with van der Waals surface area (Å²) in [5.74, 6) is -2.77. The summed E-state index contributed by atoms with van der Waals surface area (Å²) < 4.78 is 23.7. The third kappa shape index (κ3) is 4.41. The molecular weight excluding hydrogens is 345 g/mol. The molecule has 8 heteroatoms. The first-order chi connectivity index (χ1) is 12.2. The van der Waals surface area contributed by atoms with Crippen molar-refractivity contribution in [3.63, 3.8) is 0 Å². The molecule has 0 bridgehead atoms. The van der Waals surface area contributed by atoms with Gasteiger partial charge < -0.3 is 14.5 Å². The van der Waals surface area contributed by atoms with Crippen molar-refractivity contribution in [2.75, 3.05) is 11.9 Å². The molecule has 0 aliphatic heterocycles. The van der Waals surface area contributed by atoms with Gasteiger partial charge in [0.15, 0.2) is 6.61 Å². The lowest BCUT2D eigenvalue weighted by Crippen LogP contribution is -2.18. The molecule has 1 amide bonds. The zero-order valence-electron chi connectivity index (χ0n) is 14.3. The normalized spacial score (nSPS) is 10.3. The SMILES string of the molecule is CC(=O)Nc1ccc(C(=O)COC(=O)c2c(C)cc(=O)oc2C)c(F)c1. The average molecular weight is 361 g/mol. The minimum absolute atomic E-state index is 0.0406. The molecule has 2 aromatic rings. The number of rotatable bonds is 5. The van der Waals surface area contributed by atoms with E-state index in [-0.39, 0.29) is 28.5 Å². The van der Waals surface area contributed by atoms with Crippen LogP contribution in [0.4, 0.5) is 10.1 Å². The van der Waals surface area contributed by atoms with Crippen LogP contribution in [0.1, 0.15) is 39.0 Å². The molecule has 26 heavy (non-hydrogen) atoms. The second-order valence-electron chi connectivity index (χ2n) is 5.55. The van der Waals surface area contributed by atoms with Gasteiger partial charge in [-0.05, 0) is 37.6 Å². The van der Waals surface area contributed by atoms with Gasteiger partial charge in [-0.1, -0.05) is 0 Å². The van der Waals surface area contributed by atoms with Crippen LogP contribution >= 0.6 is 0 Å². The topological polar surface area (TPSA) is 103 Å². The number of nitrogens with one attached hydrogen (secondary N) is 1. The summed E-state index contributed by atoms with van der Waals surface area (Å²) in [7, 11) is 0. The first-order valence-corrected chi connectivity index (χ1v) is 7.58. The third-order valence-corrected chi connectivity index (χ3v) is 3.46. The Hall–Kier alpha value is -3.29. The Balaban J connectivity index is 2.10. The predicted octanol–water partition coefficient (Wildman–Crippen LogP) is 2.39. The fourth-order valence-electron chi connectivity index (χ4n) is 2.37. The van der Waals surface area contributed by atoms with Gasteiger partial charge in [0, 0.05) is 18.7 Å². The van der Waals surface area contributed by atoms with Crippen molar-refractivity contribution in [3.8, 4) is 0 Å². The van der Waals surface area contributed by atoms with Gasteiger partial charge in [0.05, 0.1) is 5.56 Å². The first kappa shape index (κ1) is 19.0. The molecule has 1 aromatic heterocycles. The van der Waals surface area contributed by atoms with Gasteiger partial charge in [0.1, 0.15) is 17.1 Å². The van der Waals surface area contributed by atoms with Crippen LogP contribution in [-0.4, -0.2) is 24.3 Å². The second kappa shape index (κ2) is 7.73. The maximum Gasteiger partial charge on any atom is 0.342 e. The Kier molecular flexibility index (Phi) is 5.66. The number of amides is 1. The zero-order valence-corrected chi connectivity index (χ0v) is 14.3. The standard InChI is InChI=1S/C18H16FNO6/c1-9-6-16(23)26-10(2)17(9)18(24)25-8-15(22)13-5-4-12(7-14(13)19)20-11(3)21/h4-7H,8H2,1-3H3,(H,20,21). The van der Waals surface area contributed by atoms with Crippen LogP contribution in [0.15, 0.2) is 33.5 Å². The smallest absolute Gasteiger partial charge is 0.342 e. The molecule has 0 aliphatic carbocycles. The van der Waals surface area contributed by atoms with E-state index in [1.807, 2.05) is 0 Å². The molecular formula is C18H16FNO6. The summed E-state index contributed by atoms with van der Waals surface area (Å²) in [6.07, 6.45) is 0. The summed E-state index contributed by atoms with van der Waals surface area (Å²) >= 11 is 0. The molecule has 0 radical (unpaired) electrons. The number of hydrogen-bond donors (Lipinski definition) is 1. The highest BCUT2D eigenvalue weighted by Crippen LogP contribution is 2.16. The van der Waals surface area contributed by atoms with E-state index in [2.05, 4.69) is 5.32 Å². The second-order valence-corrected chi connectivity index (χ2v) is 5.55. The fraction of sp³-hybridized carbons (Fsp3) is 0.222. The molecule has 0 saturated carbocycles. The van der Waals surface area contributed by atoms with Crippen molar-refractivity contribution in [3.05, 3.63) is 63.0 Å². The molecule has 0 fully saturated rings. The molecule has 0 saturated heterocycles. The summed E-state index contributed by atoms with van der Waals surface area (Å²) in [5, 5.41) is 2.39. The largest absolute Gasteiger partial charge is 0.454 e. The summed E-state index contributed by atoms with van der Waals surface area (Å²) in [6.45, 7) is 3.54. The van der Waals surface area contributed by atoms with Gasteiger partial charge in [0.25, 0.3) is 0 Å². The van der Waals surface area contributed by atoms with Gasteiger partial charge in [-0.2, -0.15) is 0 Å². The molecule has 7 nitrogen and oxygen atoms in total. The highest BCUT2D eigenvalue weighted by Gasteiger charge is 2.20. The Labute approximate surface area is 147 Å². The third-order valence-electron chi connectivity index (χ3n) is 3.46. The average Bonchev–Trinajstić information content (AvgIpc) is 2.51. The van der Waals surface area contributed by atoms with Crippen LogP contribution in [0.2, 0.25) is 0 Å². The van der Waals surface area contributed by atoms with Gasteiger partial charge >= 0.3 is 11.6 Å². The molecule has 0 unspecified atom stereocenters. The number of ketones is 1. The number of esters is 1. The highest BCUT2D eigenvalue weighted by atomic mass is 19.1. The van der Waals surface area contributed by atoms with E-state index in [1.54, 1.807) is 0 Å². The maximum absolute atomic E-state index is 14.0. The van der Waals surface area contributed by atoms with E-state index in [0.29, 0.717) is 5.56 Å². The lowest BCUT2D eigenvalue weighted by molar-refractivity contribution is -0.114. The van der Waals surface area contributed by atoms with Crippen molar-refractivity contribution in [1.82, 2.24) is 0 Å². The number of ether oxygens (including phenoxy) is 1. The van der Waals surface area contributed by atoms with E-state index in [9.17, 15) is 23.6 Å². The van der Waals surface area contributed by atoms with Crippen LogP contribution < -0.4 is 10.9 Å². The van der Waals surface area contributed by atoms with Crippen molar-refractivity contribution in [2.45, 2.75) is 20.8 Å². The monoisotopic (exact) mass is 361 g/mol. The first-order valence-electron chi connectivity index (χ1n) is 7.58. The molecule has 1 N–H and O–H groups in total. The number of aryl methyl sites for hydroxylation is 2. The molecule has 136 valence electrons. The summed E-state index contributed by atoms with van der Waals surface area (Å²) in [6, 6.07) is 4.68. The number of anilines is 1. The van der Waals surface area contributed by atoms with Crippen molar-refractivity contribution < 1.29 is 27.9 Å². The molecule has 1 heterocycles. The number of benzene rings is 1. The number of Topliss-reactive ketones (excluding diaryl/α,β-unsaturated/α-hetero) is 1. The lowest BCUT2D eigenvalue weighted by Gasteiger charge is -2.09.